The molecule has 110 valence electrons. The largest absolute Gasteiger partial charge is 0.480 e. The second-order valence-electron chi connectivity index (χ2n) is 5.50. The molecule has 0 saturated carbocycles. The monoisotopic (exact) mass is 296 g/mol. The molecule has 0 bridgehead atoms. The third-order valence-electron chi connectivity index (χ3n) is 2.71. The van der Waals surface area contributed by atoms with Gasteiger partial charge in [0.2, 0.25) is 0 Å². The minimum absolute atomic E-state index is 0.0429. The fraction of sp³-hybridized carbons (Fsp3) is 0.429. The summed E-state index contributed by atoms with van der Waals surface area (Å²) in [4.78, 5) is 22.2. The molecule has 0 radical (unpaired) electrons. The Labute approximate surface area is 122 Å². The average molecular weight is 296 g/mol. The van der Waals surface area contributed by atoms with E-state index in [1.54, 1.807) is 0 Å². The first-order valence-corrected chi connectivity index (χ1v) is 7.21. The number of carboxylic acid groups (broad SMARTS) is 1. The molecule has 1 atom stereocenters. The maximum absolute atomic E-state index is 11.6. The molecule has 0 aliphatic carbocycles. The SMILES string of the molecule is CC(C)(C)c1ccc(NC(=O)SCC(N)C(=O)O)cc1. The predicted molar refractivity (Wildman–Crippen MR) is 82.2 cm³/mol. The van der Waals surface area contributed by atoms with Gasteiger partial charge in [0, 0.05) is 11.4 Å². The molecule has 0 aromatic heterocycles. The molecule has 0 aliphatic heterocycles. The molecule has 0 aliphatic rings. The standard InChI is InChI=1S/C14H20N2O3S/c1-14(2,3)9-4-6-10(7-5-9)16-13(19)20-8-11(15)12(17)18/h4-7,11H,8,15H2,1-3H3,(H,16,19)(H,17,18). The number of benzene rings is 1. The highest BCUT2D eigenvalue weighted by atomic mass is 32.2. The maximum Gasteiger partial charge on any atom is 0.321 e. The van der Waals surface area contributed by atoms with E-state index in [0.717, 1.165) is 11.8 Å². The summed E-state index contributed by atoms with van der Waals surface area (Å²) in [5.41, 5.74) is 7.24. The van der Waals surface area contributed by atoms with Gasteiger partial charge in [0.1, 0.15) is 6.04 Å². The van der Waals surface area contributed by atoms with E-state index in [1.807, 2.05) is 24.3 Å². The van der Waals surface area contributed by atoms with E-state index in [1.165, 1.54) is 5.56 Å². The van der Waals surface area contributed by atoms with Gasteiger partial charge in [0.15, 0.2) is 0 Å². The van der Waals surface area contributed by atoms with Crippen molar-refractivity contribution < 1.29 is 14.7 Å². The highest BCUT2D eigenvalue weighted by Gasteiger charge is 2.15. The van der Waals surface area contributed by atoms with Gasteiger partial charge in [0.25, 0.3) is 5.24 Å². The quantitative estimate of drug-likeness (QED) is 0.794. The Morgan fingerprint density at radius 3 is 2.30 bits per heavy atom. The molecular weight excluding hydrogens is 276 g/mol. The Bertz CT molecular complexity index is 480. The molecule has 1 amide bonds. The molecular formula is C14H20N2O3S. The van der Waals surface area contributed by atoms with Crippen molar-refractivity contribution in [3.63, 3.8) is 0 Å². The third-order valence-corrected chi connectivity index (χ3v) is 3.60. The van der Waals surface area contributed by atoms with E-state index in [2.05, 4.69) is 26.1 Å². The summed E-state index contributed by atoms with van der Waals surface area (Å²) < 4.78 is 0. The van der Waals surface area contributed by atoms with Crippen LogP contribution < -0.4 is 11.1 Å². The van der Waals surface area contributed by atoms with Gasteiger partial charge in [-0.25, -0.2) is 0 Å². The molecule has 1 aromatic rings. The zero-order chi connectivity index (χ0) is 15.3. The summed E-state index contributed by atoms with van der Waals surface area (Å²) in [5, 5.41) is 11.0. The Morgan fingerprint density at radius 2 is 1.85 bits per heavy atom. The first-order valence-electron chi connectivity index (χ1n) is 6.23. The van der Waals surface area contributed by atoms with Gasteiger partial charge in [0.05, 0.1) is 0 Å². The first-order chi connectivity index (χ1) is 9.20. The summed E-state index contributed by atoms with van der Waals surface area (Å²) >= 11 is 0.862. The average Bonchev–Trinajstić information content (AvgIpc) is 2.35. The number of amides is 1. The predicted octanol–water partition coefficient (Wildman–Crippen LogP) is 2.66. The summed E-state index contributed by atoms with van der Waals surface area (Å²) in [5.74, 6) is -1.07. The van der Waals surface area contributed by atoms with Crippen LogP contribution in [-0.2, 0) is 10.2 Å². The van der Waals surface area contributed by atoms with Gasteiger partial charge >= 0.3 is 5.97 Å². The van der Waals surface area contributed by atoms with Crippen LogP contribution in [0.2, 0.25) is 0 Å². The van der Waals surface area contributed by atoms with Gasteiger partial charge in [-0.15, -0.1) is 0 Å². The van der Waals surface area contributed by atoms with E-state index in [4.69, 9.17) is 10.8 Å². The number of rotatable bonds is 4. The molecule has 4 N–H and O–H groups in total. The lowest BCUT2D eigenvalue weighted by molar-refractivity contribution is -0.137. The number of nitrogens with two attached hydrogens (primary N) is 1. The second kappa shape index (κ2) is 6.76. The van der Waals surface area contributed by atoms with Crippen molar-refractivity contribution in [3.05, 3.63) is 29.8 Å². The van der Waals surface area contributed by atoms with Crippen LogP contribution >= 0.6 is 11.8 Å². The van der Waals surface area contributed by atoms with Crippen LogP contribution in [0.1, 0.15) is 26.3 Å². The minimum atomic E-state index is -1.11. The molecule has 1 rings (SSSR count). The molecule has 6 heteroatoms. The zero-order valence-electron chi connectivity index (χ0n) is 11.8. The Hall–Kier alpha value is -1.53. The molecule has 5 nitrogen and oxygen atoms in total. The lowest BCUT2D eigenvalue weighted by Gasteiger charge is -2.19. The number of aliphatic carboxylic acids is 1. The Morgan fingerprint density at radius 1 is 1.30 bits per heavy atom. The molecule has 20 heavy (non-hydrogen) atoms. The second-order valence-corrected chi connectivity index (χ2v) is 6.49. The molecule has 0 fully saturated rings. The smallest absolute Gasteiger partial charge is 0.321 e. The number of hydrogen-bond donors (Lipinski definition) is 3. The van der Waals surface area contributed by atoms with Gasteiger partial charge in [-0.3, -0.25) is 9.59 Å². The van der Waals surface area contributed by atoms with Gasteiger partial charge in [-0.2, -0.15) is 0 Å². The lowest BCUT2D eigenvalue weighted by atomic mass is 9.87. The van der Waals surface area contributed by atoms with Crippen molar-refractivity contribution >= 4 is 28.7 Å². The highest BCUT2D eigenvalue weighted by molar-refractivity contribution is 8.13. The Balaban J connectivity index is 2.53. The van der Waals surface area contributed by atoms with Crippen molar-refractivity contribution in [2.75, 3.05) is 11.1 Å². The third kappa shape index (κ3) is 5.22. The molecule has 0 spiro atoms. The van der Waals surface area contributed by atoms with Crippen LogP contribution in [0.3, 0.4) is 0 Å². The summed E-state index contributed by atoms with van der Waals surface area (Å²) in [6.45, 7) is 6.34. The van der Waals surface area contributed by atoms with Crippen molar-refractivity contribution in [3.8, 4) is 0 Å². The number of thioether (sulfide) groups is 1. The maximum atomic E-state index is 11.6. The topological polar surface area (TPSA) is 92.4 Å². The van der Waals surface area contributed by atoms with Gasteiger partial charge < -0.3 is 16.2 Å². The van der Waals surface area contributed by atoms with Crippen LogP contribution in [0, 0.1) is 0 Å². The summed E-state index contributed by atoms with van der Waals surface area (Å²) in [7, 11) is 0. The zero-order valence-corrected chi connectivity index (χ0v) is 12.7. The van der Waals surface area contributed by atoms with Crippen molar-refractivity contribution in [1.29, 1.82) is 0 Å². The van der Waals surface area contributed by atoms with E-state index >= 15 is 0 Å². The number of hydrogen-bond acceptors (Lipinski definition) is 4. The van der Waals surface area contributed by atoms with Crippen molar-refractivity contribution in [2.45, 2.75) is 32.2 Å². The van der Waals surface area contributed by atoms with E-state index in [9.17, 15) is 9.59 Å². The summed E-state index contributed by atoms with van der Waals surface area (Å²) in [6, 6.07) is 6.55. The molecule has 1 unspecified atom stereocenters. The van der Waals surface area contributed by atoms with Gasteiger partial charge in [-0.05, 0) is 23.1 Å². The fourth-order valence-corrected chi connectivity index (χ4v) is 2.11. The van der Waals surface area contributed by atoms with Crippen molar-refractivity contribution in [2.24, 2.45) is 5.73 Å². The van der Waals surface area contributed by atoms with Gasteiger partial charge in [-0.1, -0.05) is 44.7 Å². The fourth-order valence-electron chi connectivity index (χ4n) is 1.44. The van der Waals surface area contributed by atoms with Crippen LogP contribution in [0.5, 0.6) is 0 Å². The number of carbonyl (C=O) groups excluding carboxylic acids is 1. The van der Waals surface area contributed by atoms with Crippen LogP contribution in [-0.4, -0.2) is 28.1 Å². The van der Waals surface area contributed by atoms with Crippen LogP contribution in [0.25, 0.3) is 0 Å². The number of anilines is 1. The minimum Gasteiger partial charge on any atom is -0.480 e. The number of carbonyl (C=O) groups is 2. The first kappa shape index (κ1) is 16.5. The molecule has 1 aromatic carbocycles. The van der Waals surface area contributed by atoms with Crippen LogP contribution in [0.4, 0.5) is 10.5 Å². The van der Waals surface area contributed by atoms with Crippen molar-refractivity contribution in [1.82, 2.24) is 0 Å². The van der Waals surface area contributed by atoms with E-state index < -0.39 is 12.0 Å². The number of carboxylic acids is 1. The van der Waals surface area contributed by atoms with E-state index in [0.29, 0.717) is 5.69 Å². The van der Waals surface area contributed by atoms with Crippen LogP contribution in [0.15, 0.2) is 24.3 Å². The molecule has 0 saturated heterocycles. The number of nitrogens with one attached hydrogen (secondary N) is 1. The lowest BCUT2D eigenvalue weighted by Crippen LogP contribution is -2.33. The molecule has 0 heterocycles. The Kier molecular flexibility index (Phi) is 5.59. The normalized spacial score (nSPS) is 12.8. The summed E-state index contributed by atoms with van der Waals surface area (Å²) in [6.07, 6.45) is 0. The van der Waals surface area contributed by atoms with E-state index in [-0.39, 0.29) is 16.4 Å². The highest BCUT2D eigenvalue weighted by Crippen LogP contribution is 2.23.